The molecule has 2 amide bonds. The Morgan fingerprint density at radius 2 is 1.90 bits per heavy atom. The van der Waals surface area contributed by atoms with E-state index in [1.165, 1.54) is 11.8 Å². The molecule has 1 aliphatic heterocycles. The quantitative estimate of drug-likeness (QED) is 0.727. The molecule has 1 N–H and O–H groups in total. The molecule has 1 unspecified atom stereocenters. The van der Waals surface area contributed by atoms with Gasteiger partial charge in [0.05, 0.1) is 6.54 Å². The minimum Gasteiger partial charge on any atom is -0.348 e. The fourth-order valence-corrected chi connectivity index (χ4v) is 2.02. The fraction of sp³-hybridized carbons (Fsp3) is 0.714. The summed E-state index contributed by atoms with van der Waals surface area (Å²) in [6, 6.07) is -0.496. The van der Waals surface area contributed by atoms with Gasteiger partial charge < -0.3 is 19.8 Å². The maximum absolute atomic E-state index is 11.9. The molecule has 1 saturated heterocycles. The molecule has 1 rings (SSSR count). The van der Waals surface area contributed by atoms with Gasteiger partial charge in [-0.1, -0.05) is 13.8 Å². The number of nitrogens with one attached hydrogen (secondary N) is 1. The van der Waals surface area contributed by atoms with Crippen LogP contribution in [-0.2, 0) is 19.2 Å². The number of carbonyl (C=O) groups is 4. The van der Waals surface area contributed by atoms with Crippen molar-refractivity contribution in [3.05, 3.63) is 0 Å². The third kappa shape index (κ3) is 5.95. The van der Waals surface area contributed by atoms with E-state index in [0.717, 1.165) is 6.42 Å². The number of aldehydes is 1. The van der Waals surface area contributed by atoms with Crippen molar-refractivity contribution >= 4 is 23.9 Å². The summed E-state index contributed by atoms with van der Waals surface area (Å²) >= 11 is 0. The summed E-state index contributed by atoms with van der Waals surface area (Å²) in [5.74, 6) is -0.505. The third-order valence-corrected chi connectivity index (χ3v) is 2.93. The van der Waals surface area contributed by atoms with Crippen LogP contribution in [-0.4, -0.2) is 47.9 Å². The van der Waals surface area contributed by atoms with Crippen LogP contribution >= 0.6 is 0 Å². The average molecular weight is 284 g/mol. The van der Waals surface area contributed by atoms with Gasteiger partial charge >= 0.3 is 0 Å². The lowest BCUT2D eigenvalue weighted by atomic mass is 10.2. The van der Waals surface area contributed by atoms with Crippen LogP contribution in [0.3, 0.4) is 0 Å². The zero-order valence-electron chi connectivity index (χ0n) is 12.5. The summed E-state index contributed by atoms with van der Waals surface area (Å²) in [6.45, 7) is 5.94. The molecular formula is C14H24N2O4. The summed E-state index contributed by atoms with van der Waals surface area (Å²) in [7, 11) is 0. The first-order valence-corrected chi connectivity index (χ1v) is 7.06. The molecule has 0 aromatic carbocycles. The van der Waals surface area contributed by atoms with Crippen LogP contribution < -0.4 is 5.32 Å². The normalized spacial score (nSPS) is 16.9. The SMILES string of the molecule is CC.CC(=O)CCC(=O)N1CCCC1C(=O)NCC=O. The Hall–Kier alpha value is -1.72. The van der Waals surface area contributed by atoms with E-state index in [1.807, 2.05) is 13.8 Å². The van der Waals surface area contributed by atoms with E-state index >= 15 is 0 Å². The molecule has 0 aliphatic carbocycles. The van der Waals surface area contributed by atoms with Gasteiger partial charge in [0.1, 0.15) is 18.1 Å². The van der Waals surface area contributed by atoms with Gasteiger partial charge in [-0.3, -0.25) is 9.59 Å². The second-order valence-corrected chi connectivity index (χ2v) is 4.36. The molecule has 1 atom stereocenters. The molecule has 20 heavy (non-hydrogen) atoms. The third-order valence-electron chi connectivity index (χ3n) is 2.93. The summed E-state index contributed by atoms with van der Waals surface area (Å²) < 4.78 is 0. The predicted molar refractivity (Wildman–Crippen MR) is 75.1 cm³/mol. The Bertz CT molecular complexity index is 355. The van der Waals surface area contributed by atoms with Crippen LogP contribution in [0.4, 0.5) is 0 Å². The Morgan fingerprint density at radius 3 is 2.45 bits per heavy atom. The number of hydrogen-bond donors (Lipinski definition) is 1. The lowest BCUT2D eigenvalue weighted by molar-refractivity contribution is -0.139. The van der Waals surface area contributed by atoms with Crippen molar-refractivity contribution in [2.45, 2.75) is 52.5 Å². The number of Topliss-reactive ketones (excluding diaryl/α,β-unsaturated/α-hetero) is 1. The van der Waals surface area contributed by atoms with Crippen LogP contribution in [0, 0.1) is 0 Å². The van der Waals surface area contributed by atoms with Gasteiger partial charge in [0.15, 0.2) is 0 Å². The highest BCUT2D eigenvalue weighted by molar-refractivity contribution is 5.90. The van der Waals surface area contributed by atoms with Crippen LogP contribution in [0.1, 0.15) is 46.5 Å². The number of carbonyl (C=O) groups excluding carboxylic acids is 4. The van der Waals surface area contributed by atoms with Crippen LogP contribution in [0.2, 0.25) is 0 Å². The smallest absolute Gasteiger partial charge is 0.243 e. The molecule has 1 fully saturated rings. The molecule has 114 valence electrons. The van der Waals surface area contributed by atoms with Crippen molar-refractivity contribution in [3.63, 3.8) is 0 Å². The molecule has 0 spiro atoms. The standard InChI is InChI=1S/C12H18N2O4.C2H6/c1-9(16)4-5-11(17)14-7-2-3-10(14)12(18)13-6-8-15;1-2/h8,10H,2-7H2,1H3,(H,13,18);1-2H3. The molecule has 6 heteroatoms. The largest absolute Gasteiger partial charge is 0.348 e. The predicted octanol–water partition coefficient (Wildman–Crippen LogP) is 0.688. The summed E-state index contributed by atoms with van der Waals surface area (Å²) in [5, 5.41) is 2.46. The van der Waals surface area contributed by atoms with Gasteiger partial charge in [-0.25, -0.2) is 0 Å². The number of hydrogen-bond acceptors (Lipinski definition) is 4. The topological polar surface area (TPSA) is 83.6 Å². The highest BCUT2D eigenvalue weighted by Crippen LogP contribution is 2.18. The first kappa shape index (κ1) is 18.3. The molecular weight excluding hydrogens is 260 g/mol. The second-order valence-electron chi connectivity index (χ2n) is 4.36. The highest BCUT2D eigenvalue weighted by atomic mass is 16.2. The Labute approximate surface area is 119 Å². The molecule has 1 aliphatic rings. The van der Waals surface area contributed by atoms with Gasteiger partial charge in [-0.15, -0.1) is 0 Å². The van der Waals surface area contributed by atoms with E-state index < -0.39 is 6.04 Å². The number of nitrogens with zero attached hydrogens (tertiary/aromatic N) is 1. The fourth-order valence-electron chi connectivity index (χ4n) is 2.02. The molecule has 0 bridgehead atoms. The Kier molecular flexibility index (Phi) is 9.24. The van der Waals surface area contributed by atoms with Crippen LogP contribution in [0.25, 0.3) is 0 Å². The maximum Gasteiger partial charge on any atom is 0.243 e. The Balaban J connectivity index is 0.00000172. The second kappa shape index (κ2) is 10.1. The van der Waals surface area contributed by atoms with E-state index in [9.17, 15) is 19.2 Å². The molecule has 0 radical (unpaired) electrons. The molecule has 0 aromatic rings. The first-order valence-electron chi connectivity index (χ1n) is 7.06. The van der Waals surface area contributed by atoms with E-state index in [1.54, 1.807) is 0 Å². The summed E-state index contributed by atoms with van der Waals surface area (Å²) in [6.07, 6.45) is 2.33. The van der Waals surface area contributed by atoms with Gasteiger partial charge in [-0.05, 0) is 19.8 Å². The summed E-state index contributed by atoms with van der Waals surface area (Å²) in [5.41, 5.74) is 0. The van der Waals surface area contributed by atoms with E-state index in [2.05, 4.69) is 5.32 Å². The summed E-state index contributed by atoms with van der Waals surface area (Å²) in [4.78, 5) is 46.1. The van der Waals surface area contributed by atoms with Gasteiger partial charge in [0.25, 0.3) is 0 Å². The van der Waals surface area contributed by atoms with Crippen LogP contribution in [0.5, 0.6) is 0 Å². The minimum absolute atomic E-state index is 0.0369. The van der Waals surface area contributed by atoms with Gasteiger partial charge in [0.2, 0.25) is 11.8 Å². The lowest BCUT2D eigenvalue weighted by Crippen LogP contribution is -2.46. The average Bonchev–Trinajstić information content (AvgIpc) is 2.93. The van der Waals surface area contributed by atoms with Crippen molar-refractivity contribution < 1.29 is 19.2 Å². The van der Waals surface area contributed by atoms with Crippen LogP contribution in [0.15, 0.2) is 0 Å². The molecule has 0 saturated carbocycles. The number of rotatable bonds is 6. The van der Waals surface area contributed by atoms with Crippen molar-refractivity contribution in [1.82, 2.24) is 10.2 Å². The monoisotopic (exact) mass is 284 g/mol. The van der Waals surface area contributed by atoms with Gasteiger partial charge in [0, 0.05) is 19.4 Å². The van der Waals surface area contributed by atoms with E-state index in [4.69, 9.17) is 0 Å². The van der Waals surface area contributed by atoms with Gasteiger partial charge in [-0.2, -0.15) is 0 Å². The molecule has 1 heterocycles. The molecule has 6 nitrogen and oxygen atoms in total. The maximum atomic E-state index is 11.9. The van der Waals surface area contributed by atoms with E-state index in [-0.39, 0.29) is 37.0 Å². The number of amides is 2. The zero-order chi connectivity index (χ0) is 15.5. The number of likely N-dealkylation sites (tertiary alicyclic amines) is 1. The first-order chi connectivity index (χ1) is 9.56. The van der Waals surface area contributed by atoms with Crippen molar-refractivity contribution in [2.24, 2.45) is 0 Å². The molecule has 0 aromatic heterocycles. The zero-order valence-corrected chi connectivity index (χ0v) is 12.5. The van der Waals surface area contributed by atoms with E-state index in [0.29, 0.717) is 19.3 Å². The minimum atomic E-state index is -0.496. The van der Waals surface area contributed by atoms with Crippen molar-refractivity contribution in [1.29, 1.82) is 0 Å². The highest BCUT2D eigenvalue weighted by Gasteiger charge is 2.33. The number of ketones is 1. The Morgan fingerprint density at radius 1 is 1.25 bits per heavy atom. The van der Waals surface area contributed by atoms with Crippen molar-refractivity contribution in [3.8, 4) is 0 Å². The van der Waals surface area contributed by atoms with Crippen molar-refractivity contribution in [2.75, 3.05) is 13.1 Å². The lowest BCUT2D eigenvalue weighted by Gasteiger charge is -2.23.